The summed E-state index contributed by atoms with van der Waals surface area (Å²) in [5.74, 6) is 1.70. The second-order valence-corrected chi connectivity index (χ2v) is 12.8. The minimum Gasteiger partial charge on any atom is -0.390 e. The van der Waals surface area contributed by atoms with Gasteiger partial charge >= 0.3 is 0 Å². The molecule has 3 fully saturated rings. The molecule has 0 aromatic heterocycles. The van der Waals surface area contributed by atoms with Gasteiger partial charge in [0, 0.05) is 31.3 Å². The topological polar surface area (TPSA) is 78.9 Å². The Balaban J connectivity index is 1.37. The van der Waals surface area contributed by atoms with E-state index in [9.17, 15) is 13.5 Å². The van der Waals surface area contributed by atoms with Crippen LogP contribution in [0.2, 0.25) is 0 Å². The van der Waals surface area contributed by atoms with Gasteiger partial charge in [-0.3, -0.25) is 4.72 Å². The Morgan fingerprint density at radius 1 is 1.18 bits per heavy atom. The van der Waals surface area contributed by atoms with Gasteiger partial charge in [-0.15, -0.1) is 0 Å². The van der Waals surface area contributed by atoms with E-state index in [0.29, 0.717) is 23.4 Å². The van der Waals surface area contributed by atoms with Crippen LogP contribution in [0, 0.1) is 17.8 Å². The highest BCUT2D eigenvalue weighted by atomic mass is 32.2. The van der Waals surface area contributed by atoms with Crippen molar-refractivity contribution < 1.29 is 18.3 Å². The Morgan fingerprint density at radius 2 is 1.88 bits per heavy atom. The molecule has 2 saturated carbocycles. The number of benzene rings is 1. The lowest BCUT2D eigenvalue weighted by molar-refractivity contribution is -0.00725. The van der Waals surface area contributed by atoms with Crippen LogP contribution in [0.5, 0.6) is 0 Å². The lowest BCUT2D eigenvalue weighted by Crippen LogP contribution is -2.36. The van der Waals surface area contributed by atoms with Crippen molar-refractivity contribution in [3.8, 4) is 0 Å². The van der Waals surface area contributed by atoms with Crippen molar-refractivity contribution in [3.63, 3.8) is 0 Å². The fourth-order valence-electron chi connectivity index (χ4n) is 6.92. The van der Waals surface area contributed by atoms with E-state index in [4.69, 9.17) is 4.74 Å². The molecule has 6 nitrogen and oxygen atoms in total. The van der Waals surface area contributed by atoms with Crippen LogP contribution < -0.4 is 4.72 Å². The van der Waals surface area contributed by atoms with Gasteiger partial charge in [-0.25, -0.2) is 8.42 Å². The Hall–Kier alpha value is -1.15. The van der Waals surface area contributed by atoms with E-state index in [-0.39, 0.29) is 17.8 Å². The largest absolute Gasteiger partial charge is 0.390 e. The van der Waals surface area contributed by atoms with Gasteiger partial charge in [-0.1, -0.05) is 45.2 Å². The number of methoxy groups -OCH3 is 1. The first-order chi connectivity index (χ1) is 15.7. The number of ether oxygens (including phenoxy) is 1. The molecule has 33 heavy (non-hydrogen) atoms. The summed E-state index contributed by atoms with van der Waals surface area (Å²) in [5, 5.41) is 10.8. The third kappa shape index (κ3) is 5.26. The van der Waals surface area contributed by atoms with Gasteiger partial charge in [-0.2, -0.15) is 0 Å². The van der Waals surface area contributed by atoms with Crippen molar-refractivity contribution in [1.82, 2.24) is 4.90 Å². The quantitative estimate of drug-likeness (QED) is 0.503. The Bertz CT molecular complexity index is 899. The number of likely N-dealkylation sites (tertiary alicyclic amines) is 1. The molecule has 2 atom stereocenters. The first-order valence-corrected chi connectivity index (χ1v) is 14.4. The van der Waals surface area contributed by atoms with Gasteiger partial charge in [-0.05, 0) is 67.7 Å². The second kappa shape index (κ2) is 9.84. The van der Waals surface area contributed by atoms with Crippen molar-refractivity contribution in [2.24, 2.45) is 17.8 Å². The first-order valence-electron chi connectivity index (χ1n) is 12.7. The molecule has 1 saturated heterocycles. The smallest absolute Gasteiger partial charge is 0.234 e. The van der Waals surface area contributed by atoms with Crippen LogP contribution in [0.25, 0.3) is 0 Å². The van der Waals surface area contributed by atoms with E-state index in [1.54, 1.807) is 0 Å². The minimum atomic E-state index is -3.41. The number of fused-ring (bicyclic) bond motifs is 1. The molecule has 0 spiro atoms. The van der Waals surface area contributed by atoms with Crippen LogP contribution in [-0.2, 0) is 20.2 Å². The van der Waals surface area contributed by atoms with E-state index in [1.165, 1.54) is 31.9 Å². The predicted octanol–water partition coefficient (Wildman–Crippen LogP) is 4.01. The SMILES string of the molecule is COCCS(=O)(=O)Nc1cccc(C2(C(C)C)C3CN(CCCC4(O)CCCCC4)CC32)c1. The Morgan fingerprint density at radius 3 is 2.52 bits per heavy atom. The zero-order chi connectivity index (χ0) is 23.7. The molecule has 2 aliphatic carbocycles. The van der Waals surface area contributed by atoms with Gasteiger partial charge in [0.1, 0.15) is 0 Å². The van der Waals surface area contributed by atoms with Crippen LogP contribution >= 0.6 is 0 Å². The van der Waals surface area contributed by atoms with Gasteiger partial charge < -0.3 is 14.7 Å². The number of aliphatic hydroxyl groups is 1. The van der Waals surface area contributed by atoms with Crippen molar-refractivity contribution in [2.75, 3.05) is 43.8 Å². The van der Waals surface area contributed by atoms with Crippen molar-refractivity contribution in [1.29, 1.82) is 0 Å². The zero-order valence-electron chi connectivity index (χ0n) is 20.6. The highest BCUT2D eigenvalue weighted by molar-refractivity contribution is 7.92. The van der Waals surface area contributed by atoms with Crippen LogP contribution in [0.1, 0.15) is 64.4 Å². The van der Waals surface area contributed by atoms with Crippen LogP contribution in [0.4, 0.5) is 5.69 Å². The van der Waals surface area contributed by atoms with E-state index < -0.39 is 15.6 Å². The average molecular weight is 479 g/mol. The monoisotopic (exact) mass is 478 g/mol. The van der Waals surface area contributed by atoms with Gasteiger partial charge in [0.05, 0.1) is 18.0 Å². The minimum absolute atomic E-state index is 0.0433. The Kier molecular flexibility index (Phi) is 7.44. The highest BCUT2D eigenvalue weighted by Crippen LogP contribution is 2.67. The van der Waals surface area contributed by atoms with E-state index in [0.717, 1.165) is 45.3 Å². The number of nitrogens with zero attached hydrogens (tertiary/aromatic N) is 1. The third-order valence-corrected chi connectivity index (χ3v) is 9.81. The maximum Gasteiger partial charge on any atom is 0.234 e. The maximum absolute atomic E-state index is 12.3. The zero-order valence-corrected chi connectivity index (χ0v) is 21.4. The standard InChI is InChI=1S/C26H42N2O4S/c1-20(2)26(21-9-7-10-22(17-21)27-33(30,31)16-15-32-3)23-18-28(19-24(23)26)14-8-13-25(29)11-5-4-6-12-25/h7,9-10,17,20,23-24,27,29H,4-6,8,11-16,18-19H2,1-3H3. The number of nitrogens with one attached hydrogen (secondary N) is 1. The summed E-state index contributed by atoms with van der Waals surface area (Å²) in [5.41, 5.74) is 1.62. The summed E-state index contributed by atoms with van der Waals surface area (Å²) >= 11 is 0. The molecule has 3 aliphatic rings. The third-order valence-electron chi connectivity index (χ3n) is 8.56. The van der Waals surface area contributed by atoms with Crippen LogP contribution in [-0.4, -0.2) is 63.1 Å². The highest BCUT2D eigenvalue weighted by Gasteiger charge is 2.69. The molecule has 1 aliphatic heterocycles. The maximum atomic E-state index is 12.3. The van der Waals surface area contributed by atoms with Crippen LogP contribution in [0.15, 0.2) is 24.3 Å². The predicted molar refractivity (Wildman–Crippen MR) is 133 cm³/mol. The fourth-order valence-corrected chi connectivity index (χ4v) is 7.89. The molecule has 7 heteroatoms. The molecule has 1 heterocycles. The van der Waals surface area contributed by atoms with E-state index in [1.807, 2.05) is 18.2 Å². The molecule has 1 aromatic rings. The number of anilines is 1. The summed E-state index contributed by atoms with van der Waals surface area (Å²) in [6.45, 7) is 8.06. The normalized spacial score (nSPS) is 29.2. The summed E-state index contributed by atoms with van der Waals surface area (Å²) < 4.78 is 32.3. The number of piperidine rings is 1. The number of hydrogen-bond donors (Lipinski definition) is 2. The lowest BCUT2D eigenvalue weighted by atomic mass is 9.80. The summed E-state index contributed by atoms with van der Waals surface area (Å²) in [4.78, 5) is 2.58. The molecular weight excluding hydrogens is 436 g/mol. The number of hydrogen-bond acceptors (Lipinski definition) is 5. The van der Waals surface area contributed by atoms with Crippen molar-refractivity contribution >= 4 is 15.7 Å². The molecule has 4 rings (SSSR count). The molecule has 0 radical (unpaired) electrons. The van der Waals surface area contributed by atoms with Gasteiger partial charge in [0.15, 0.2) is 0 Å². The van der Waals surface area contributed by atoms with Gasteiger partial charge in [0.25, 0.3) is 0 Å². The van der Waals surface area contributed by atoms with E-state index in [2.05, 4.69) is 29.5 Å². The molecule has 186 valence electrons. The molecule has 0 amide bonds. The molecular formula is C26H42N2O4S. The van der Waals surface area contributed by atoms with Gasteiger partial charge in [0.2, 0.25) is 10.0 Å². The lowest BCUT2D eigenvalue weighted by Gasteiger charge is -2.34. The molecule has 1 aromatic carbocycles. The fraction of sp³-hybridized carbons (Fsp3) is 0.769. The molecule has 2 N–H and O–H groups in total. The number of rotatable bonds is 11. The Labute approximate surface area is 200 Å². The summed E-state index contributed by atoms with van der Waals surface area (Å²) in [6.07, 6.45) is 7.56. The number of sulfonamides is 1. The second-order valence-electron chi connectivity index (χ2n) is 10.9. The van der Waals surface area contributed by atoms with Crippen molar-refractivity contribution in [2.45, 2.75) is 69.8 Å². The molecule has 0 bridgehead atoms. The van der Waals surface area contributed by atoms with E-state index >= 15 is 0 Å². The first kappa shape index (κ1) is 25.0. The summed E-state index contributed by atoms with van der Waals surface area (Å²) in [6, 6.07) is 8.03. The average Bonchev–Trinajstić information content (AvgIpc) is 3.19. The van der Waals surface area contributed by atoms with Crippen molar-refractivity contribution in [3.05, 3.63) is 29.8 Å². The summed E-state index contributed by atoms with van der Waals surface area (Å²) in [7, 11) is -1.91. The molecule has 2 unspecified atom stereocenters. The van der Waals surface area contributed by atoms with Crippen LogP contribution in [0.3, 0.4) is 0 Å².